The van der Waals surface area contributed by atoms with Gasteiger partial charge in [0.15, 0.2) is 6.10 Å². The highest BCUT2D eigenvalue weighted by atomic mass is 31.2. The minimum Gasteiger partial charge on any atom is -0.462 e. The number of carbonyl (C=O) groups excluding carboxylic acids is 2. The Hall–Kier alpha value is -2.19. The van der Waals surface area contributed by atoms with Crippen molar-refractivity contribution in [3.8, 4) is 0 Å². The Labute approximate surface area is 354 Å². The molecule has 6 N–H and O–H groups in total. The molecule has 1 rings (SSSR count). The van der Waals surface area contributed by atoms with Crippen molar-refractivity contribution in [1.29, 1.82) is 0 Å². The molecule has 1 fully saturated rings. The first-order chi connectivity index (χ1) is 28.4. The lowest BCUT2D eigenvalue weighted by molar-refractivity contribution is -0.220. The zero-order valence-corrected chi connectivity index (χ0v) is 36.9. The third-order valence-corrected chi connectivity index (χ3v) is 11.2. The van der Waals surface area contributed by atoms with Gasteiger partial charge in [-0.2, -0.15) is 0 Å². The number of aliphatic hydroxyl groups is 5. The Morgan fingerprint density at radius 2 is 0.932 bits per heavy atom. The molecule has 14 heteroatoms. The zero-order valence-electron chi connectivity index (χ0n) is 36.0. The number of phosphoric ester groups is 1. The van der Waals surface area contributed by atoms with E-state index in [1.807, 2.05) is 12.2 Å². The highest BCUT2D eigenvalue weighted by Crippen LogP contribution is 2.47. The molecule has 0 spiro atoms. The van der Waals surface area contributed by atoms with Crippen molar-refractivity contribution in [2.24, 2.45) is 0 Å². The predicted octanol–water partition coefficient (Wildman–Crippen LogP) is 8.39. The summed E-state index contributed by atoms with van der Waals surface area (Å²) in [5, 5.41) is 50.1. The van der Waals surface area contributed by atoms with E-state index in [2.05, 4.69) is 50.3 Å². The van der Waals surface area contributed by atoms with E-state index in [9.17, 15) is 44.6 Å². The molecule has 0 amide bonds. The lowest BCUT2D eigenvalue weighted by atomic mass is 9.85. The molecule has 0 saturated heterocycles. The second-order valence-corrected chi connectivity index (χ2v) is 17.0. The van der Waals surface area contributed by atoms with E-state index >= 15 is 0 Å². The maximum atomic E-state index is 12.8. The van der Waals surface area contributed by atoms with Crippen LogP contribution in [0.2, 0.25) is 0 Å². The molecular formula is C45H79O13P. The molecule has 0 aromatic rings. The largest absolute Gasteiger partial charge is 0.472 e. The van der Waals surface area contributed by atoms with Gasteiger partial charge in [0.2, 0.25) is 0 Å². The average molecular weight is 859 g/mol. The second-order valence-electron chi connectivity index (χ2n) is 15.6. The maximum absolute atomic E-state index is 12.8. The van der Waals surface area contributed by atoms with Gasteiger partial charge in [-0.15, -0.1) is 0 Å². The van der Waals surface area contributed by atoms with Crippen molar-refractivity contribution in [3.05, 3.63) is 48.6 Å². The van der Waals surface area contributed by atoms with Gasteiger partial charge in [-0.3, -0.25) is 18.6 Å². The number of hydrogen-bond donors (Lipinski definition) is 6. The van der Waals surface area contributed by atoms with E-state index in [0.29, 0.717) is 19.3 Å². The quantitative estimate of drug-likeness (QED) is 0.0152. The summed E-state index contributed by atoms with van der Waals surface area (Å²) in [6.07, 6.45) is 27.5. The summed E-state index contributed by atoms with van der Waals surface area (Å²) in [6.45, 7) is 3.21. The van der Waals surface area contributed by atoms with Crippen molar-refractivity contribution < 1.29 is 63.1 Å². The molecule has 0 heterocycles. The van der Waals surface area contributed by atoms with E-state index in [1.54, 1.807) is 0 Å². The summed E-state index contributed by atoms with van der Waals surface area (Å²) in [6, 6.07) is 0. The van der Waals surface area contributed by atoms with Crippen LogP contribution in [0.4, 0.5) is 0 Å². The summed E-state index contributed by atoms with van der Waals surface area (Å²) < 4.78 is 33.4. The maximum Gasteiger partial charge on any atom is 0.472 e. The third-order valence-electron chi connectivity index (χ3n) is 10.2. The van der Waals surface area contributed by atoms with Gasteiger partial charge in [-0.1, -0.05) is 152 Å². The first-order valence-corrected chi connectivity index (χ1v) is 23.9. The minimum absolute atomic E-state index is 0.0211. The van der Waals surface area contributed by atoms with Crippen molar-refractivity contribution in [1.82, 2.24) is 0 Å². The average Bonchev–Trinajstić information content (AvgIpc) is 3.21. The molecule has 1 saturated carbocycles. The Morgan fingerprint density at radius 1 is 0.525 bits per heavy atom. The first-order valence-electron chi connectivity index (χ1n) is 22.4. The molecule has 342 valence electrons. The molecule has 0 bridgehead atoms. The van der Waals surface area contributed by atoms with E-state index < -0.39 is 75.7 Å². The van der Waals surface area contributed by atoms with Gasteiger partial charge in [0.05, 0.1) is 6.61 Å². The summed E-state index contributed by atoms with van der Waals surface area (Å²) in [7, 11) is -5.13. The van der Waals surface area contributed by atoms with Gasteiger partial charge >= 0.3 is 19.8 Å². The molecule has 1 aliphatic carbocycles. The van der Waals surface area contributed by atoms with Gasteiger partial charge in [-0.25, -0.2) is 4.57 Å². The Morgan fingerprint density at radius 3 is 1.44 bits per heavy atom. The summed E-state index contributed by atoms with van der Waals surface area (Å²) >= 11 is 0. The molecular weight excluding hydrogens is 779 g/mol. The third kappa shape index (κ3) is 28.1. The monoisotopic (exact) mass is 859 g/mol. The Balaban J connectivity index is 2.53. The number of aliphatic hydroxyl groups excluding tert-OH is 5. The molecule has 0 aliphatic heterocycles. The van der Waals surface area contributed by atoms with Crippen LogP contribution in [0.15, 0.2) is 48.6 Å². The van der Waals surface area contributed by atoms with Crippen molar-refractivity contribution >= 4 is 19.8 Å². The molecule has 13 nitrogen and oxygen atoms in total. The topological polar surface area (TPSA) is 210 Å². The van der Waals surface area contributed by atoms with Crippen LogP contribution in [-0.2, 0) is 32.7 Å². The van der Waals surface area contributed by atoms with Crippen molar-refractivity contribution in [3.63, 3.8) is 0 Å². The second kappa shape index (κ2) is 35.4. The summed E-state index contributed by atoms with van der Waals surface area (Å²) in [4.78, 5) is 35.6. The van der Waals surface area contributed by atoms with E-state index in [0.717, 1.165) is 44.9 Å². The van der Waals surface area contributed by atoms with Crippen LogP contribution in [0.5, 0.6) is 0 Å². The van der Waals surface area contributed by atoms with Gasteiger partial charge in [0, 0.05) is 12.8 Å². The van der Waals surface area contributed by atoms with Crippen molar-refractivity contribution in [2.75, 3.05) is 13.2 Å². The number of unbranched alkanes of at least 4 members (excludes halogenated alkanes) is 16. The lowest BCUT2D eigenvalue weighted by Crippen LogP contribution is -2.64. The van der Waals surface area contributed by atoms with Crippen LogP contribution in [0, 0.1) is 0 Å². The van der Waals surface area contributed by atoms with Gasteiger partial charge in [0.1, 0.15) is 43.2 Å². The van der Waals surface area contributed by atoms with Gasteiger partial charge in [-0.05, 0) is 51.4 Å². The van der Waals surface area contributed by atoms with Crippen LogP contribution < -0.4 is 0 Å². The highest BCUT2D eigenvalue weighted by Gasteiger charge is 2.51. The van der Waals surface area contributed by atoms with E-state index in [-0.39, 0.29) is 12.8 Å². The van der Waals surface area contributed by atoms with Crippen LogP contribution in [-0.4, -0.2) is 98.3 Å². The van der Waals surface area contributed by atoms with Crippen molar-refractivity contribution in [2.45, 2.75) is 211 Å². The number of allylic oxidation sites excluding steroid dienone is 8. The van der Waals surface area contributed by atoms with E-state index in [1.165, 1.54) is 77.0 Å². The molecule has 0 radical (unpaired) electrons. The fourth-order valence-electron chi connectivity index (χ4n) is 6.51. The number of carbonyl (C=O) groups is 2. The normalized spacial score (nSPS) is 22.8. The molecule has 8 atom stereocenters. The van der Waals surface area contributed by atoms with Crippen LogP contribution in [0.25, 0.3) is 0 Å². The zero-order chi connectivity index (χ0) is 43.6. The standard InChI is InChI=1S/C45H79O13P/c1-3-5-7-9-11-13-15-17-18-19-20-22-24-26-28-30-32-34-39(47)57-37(36-56-59(53,54)58-45-43(51)41(49)40(48)42(50)44(45)52)35-55-38(46)33-31-29-27-25-23-21-16-14-12-10-8-6-4-2/h11,13,17-18,20,22,26,28,37,40-45,48-52H,3-10,12,14-16,19,21,23-25,27,29-36H2,1-2H3,(H,53,54)/b13-11+,18-17+,22-20+,28-26+/t37-,40?,41+,42?,43?,44?,45?/m1/s1. The number of esters is 2. The summed E-state index contributed by atoms with van der Waals surface area (Å²) in [5.74, 6) is -1.16. The van der Waals surface area contributed by atoms with Crippen LogP contribution in [0.3, 0.4) is 0 Å². The van der Waals surface area contributed by atoms with Crippen LogP contribution >= 0.6 is 7.82 Å². The molecule has 59 heavy (non-hydrogen) atoms. The smallest absolute Gasteiger partial charge is 0.462 e. The fourth-order valence-corrected chi connectivity index (χ4v) is 7.49. The molecule has 0 aromatic carbocycles. The van der Waals surface area contributed by atoms with E-state index in [4.69, 9.17) is 18.5 Å². The number of phosphoric acid groups is 1. The lowest BCUT2D eigenvalue weighted by Gasteiger charge is -2.41. The minimum atomic E-state index is -5.13. The Bertz CT molecular complexity index is 1220. The highest BCUT2D eigenvalue weighted by molar-refractivity contribution is 7.47. The summed E-state index contributed by atoms with van der Waals surface area (Å²) in [5.41, 5.74) is 0. The Kier molecular flexibility index (Phi) is 32.9. The number of ether oxygens (including phenoxy) is 2. The molecule has 6 unspecified atom stereocenters. The first kappa shape index (κ1) is 54.8. The van der Waals surface area contributed by atoms with Crippen LogP contribution in [0.1, 0.15) is 168 Å². The van der Waals surface area contributed by atoms with Gasteiger partial charge < -0.3 is 39.9 Å². The molecule has 1 aliphatic rings. The predicted molar refractivity (Wildman–Crippen MR) is 230 cm³/mol. The van der Waals surface area contributed by atoms with Gasteiger partial charge in [0.25, 0.3) is 0 Å². The fraction of sp³-hybridized carbons (Fsp3) is 0.778. The number of rotatable bonds is 36. The number of hydrogen-bond acceptors (Lipinski definition) is 12. The molecule has 0 aromatic heterocycles. The SMILES string of the molecule is CCCCC/C=C/C/C=C/C/C=C/C/C=C/CCCC(=O)O[C@H](COC(=O)CCCCCCCCCCCCCCC)COP(=O)(O)OC1C(O)C(O)C(O)[C@H](O)C1O.